The molecular weight excluding hydrogens is 400 g/mol. The lowest BCUT2D eigenvalue weighted by atomic mass is 9.86. The first-order valence-electron chi connectivity index (χ1n) is 11.1. The van der Waals surface area contributed by atoms with E-state index in [-0.39, 0.29) is 12.5 Å². The number of nitrogens with one attached hydrogen (secondary N) is 2. The Labute approximate surface area is 189 Å². The number of aliphatic carboxylic acids is 1. The van der Waals surface area contributed by atoms with Gasteiger partial charge in [0.15, 0.2) is 0 Å². The quantitative estimate of drug-likeness (QED) is 0.503. The maximum Gasteiger partial charge on any atom is 0.307 e. The Morgan fingerprint density at radius 3 is 2.78 bits per heavy atom. The van der Waals surface area contributed by atoms with Gasteiger partial charge in [0.1, 0.15) is 0 Å². The van der Waals surface area contributed by atoms with E-state index in [0.29, 0.717) is 5.92 Å². The molecule has 166 valence electrons. The number of pyridine rings is 2. The highest BCUT2D eigenvalue weighted by Gasteiger charge is 2.28. The number of carboxylic acid groups (broad SMARTS) is 1. The number of carbonyl (C=O) groups is 1. The third-order valence-corrected chi connectivity index (χ3v) is 6.12. The summed E-state index contributed by atoms with van der Waals surface area (Å²) in [6.07, 6.45) is 3.45. The van der Waals surface area contributed by atoms with E-state index in [1.807, 2.05) is 19.1 Å². The molecular formula is C26H30N4O2. The Balaban J connectivity index is 1.48. The van der Waals surface area contributed by atoms with E-state index < -0.39 is 5.97 Å². The van der Waals surface area contributed by atoms with E-state index in [2.05, 4.69) is 63.9 Å². The normalized spacial score (nSPS) is 16.1. The number of aryl methyl sites for hydroxylation is 2. The molecule has 0 unspecified atom stereocenters. The molecule has 0 amide bonds. The molecule has 3 N–H and O–H groups in total. The van der Waals surface area contributed by atoms with Gasteiger partial charge in [-0.1, -0.05) is 36.4 Å². The van der Waals surface area contributed by atoms with Crippen LogP contribution in [0.4, 0.5) is 5.69 Å². The monoisotopic (exact) mass is 430 g/mol. The van der Waals surface area contributed by atoms with E-state index >= 15 is 0 Å². The lowest BCUT2D eigenvalue weighted by Gasteiger charge is -2.33. The Morgan fingerprint density at radius 1 is 1.22 bits per heavy atom. The highest BCUT2D eigenvalue weighted by Crippen LogP contribution is 2.32. The topological polar surface area (TPSA) is 87.1 Å². The van der Waals surface area contributed by atoms with Crippen molar-refractivity contribution in [2.75, 3.05) is 18.4 Å². The van der Waals surface area contributed by atoms with Gasteiger partial charge in [0.2, 0.25) is 0 Å². The number of benzene rings is 1. The zero-order valence-corrected chi connectivity index (χ0v) is 18.6. The number of aromatic nitrogens is 2. The smallest absolute Gasteiger partial charge is 0.307 e. The second-order valence-electron chi connectivity index (χ2n) is 8.54. The van der Waals surface area contributed by atoms with Crippen molar-refractivity contribution in [2.45, 2.75) is 39.2 Å². The Morgan fingerprint density at radius 2 is 2.03 bits per heavy atom. The average Bonchev–Trinajstić information content (AvgIpc) is 2.78. The second kappa shape index (κ2) is 9.92. The van der Waals surface area contributed by atoms with Crippen molar-refractivity contribution in [2.24, 2.45) is 5.92 Å². The van der Waals surface area contributed by atoms with Crippen molar-refractivity contribution in [1.29, 1.82) is 0 Å². The lowest BCUT2D eigenvalue weighted by molar-refractivity contribution is -0.136. The molecule has 6 nitrogen and oxygen atoms in total. The lowest BCUT2D eigenvalue weighted by Crippen LogP contribution is -2.37. The molecule has 2 aromatic heterocycles. The number of fused-ring (bicyclic) bond motifs is 1. The fraction of sp³-hybridized carbons (Fsp3) is 0.346. The molecule has 0 aliphatic carbocycles. The van der Waals surface area contributed by atoms with Crippen molar-refractivity contribution in [3.05, 3.63) is 88.5 Å². The highest BCUT2D eigenvalue weighted by molar-refractivity contribution is 5.71. The van der Waals surface area contributed by atoms with Crippen LogP contribution in [0.2, 0.25) is 0 Å². The molecule has 32 heavy (non-hydrogen) atoms. The van der Waals surface area contributed by atoms with Gasteiger partial charge in [-0.2, -0.15) is 0 Å². The zero-order chi connectivity index (χ0) is 22.5. The Hall–Kier alpha value is -3.25. The van der Waals surface area contributed by atoms with Gasteiger partial charge in [0.05, 0.1) is 17.8 Å². The first-order valence-corrected chi connectivity index (χ1v) is 11.1. The summed E-state index contributed by atoms with van der Waals surface area (Å²) in [5.74, 6) is -0.507. The number of hydrogen-bond acceptors (Lipinski definition) is 5. The van der Waals surface area contributed by atoms with Crippen molar-refractivity contribution in [1.82, 2.24) is 15.3 Å². The fourth-order valence-corrected chi connectivity index (χ4v) is 4.48. The molecule has 3 heterocycles. The van der Waals surface area contributed by atoms with E-state index in [0.717, 1.165) is 54.3 Å². The summed E-state index contributed by atoms with van der Waals surface area (Å²) in [5, 5.41) is 16.3. The molecule has 0 saturated carbocycles. The standard InChI is InChI=1S/C26H30N4O2/c1-17-8-9-20(18(2)30-17)10-11-27-26(21-6-4-3-5-7-21)22-14-24-23(29-16-22)12-19(15-28-24)13-25(31)32/h3-9,12,15,22,26-27,29H,10-11,13-14,16H2,1-2H3,(H,31,32)/t22-,26-/m1/s1. The van der Waals surface area contributed by atoms with Gasteiger partial charge in [-0.15, -0.1) is 0 Å². The minimum Gasteiger partial charge on any atom is -0.481 e. The van der Waals surface area contributed by atoms with Crippen molar-refractivity contribution < 1.29 is 9.90 Å². The number of hydrogen-bond donors (Lipinski definition) is 3. The summed E-state index contributed by atoms with van der Waals surface area (Å²) in [7, 11) is 0. The van der Waals surface area contributed by atoms with Crippen molar-refractivity contribution in [3.8, 4) is 0 Å². The first kappa shape index (κ1) is 22.0. The molecule has 1 aromatic carbocycles. The van der Waals surface area contributed by atoms with Crippen LogP contribution >= 0.6 is 0 Å². The predicted octanol–water partition coefficient (Wildman–Crippen LogP) is 3.88. The molecule has 3 aromatic rings. The first-order chi connectivity index (χ1) is 15.5. The zero-order valence-electron chi connectivity index (χ0n) is 18.6. The van der Waals surface area contributed by atoms with Crippen LogP contribution in [0.5, 0.6) is 0 Å². The number of carboxylic acids is 1. The maximum absolute atomic E-state index is 11.0. The van der Waals surface area contributed by atoms with Crippen molar-refractivity contribution in [3.63, 3.8) is 0 Å². The van der Waals surface area contributed by atoms with Crippen LogP contribution in [0.1, 0.15) is 39.8 Å². The maximum atomic E-state index is 11.0. The minimum absolute atomic E-state index is 0.00707. The van der Waals surface area contributed by atoms with Crippen LogP contribution in [0.25, 0.3) is 0 Å². The molecule has 0 bridgehead atoms. The largest absolute Gasteiger partial charge is 0.481 e. The van der Waals surface area contributed by atoms with Gasteiger partial charge in [-0.25, -0.2) is 0 Å². The van der Waals surface area contributed by atoms with Gasteiger partial charge in [-0.05, 0) is 62.1 Å². The Bertz CT molecular complexity index is 1080. The number of anilines is 1. The van der Waals surface area contributed by atoms with Gasteiger partial charge < -0.3 is 15.7 Å². The molecule has 1 aliphatic heterocycles. The molecule has 2 atom stereocenters. The van der Waals surface area contributed by atoms with Crippen molar-refractivity contribution >= 4 is 11.7 Å². The molecule has 6 heteroatoms. The third kappa shape index (κ3) is 5.32. The molecule has 0 fully saturated rings. The number of rotatable bonds is 8. The van der Waals surface area contributed by atoms with Crippen LogP contribution in [0.15, 0.2) is 54.7 Å². The fourth-order valence-electron chi connectivity index (χ4n) is 4.48. The number of nitrogens with zero attached hydrogens (tertiary/aromatic N) is 2. The summed E-state index contributed by atoms with van der Waals surface area (Å²) in [5.41, 5.74) is 7.36. The van der Waals surface area contributed by atoms with Gasteiger partial charge >= 0.3 is 5.97 Å². The predicted molar refractivity (Wildman–Crippen MR) is 126 cm³/mol. The summed E-state index contributed by atoms with van der Waals surface area (Å²) in [6.45, 7) is 5.76. The van der Waals surface area contributed by atoms with E-state index in [1.54, 1.807) is 6.20 Å². The van der Waals surface area contributed by atoms with Gasteiger partial charge in [-0.3, -0.25) is 14.8 Å². The minimum atomic E-state index is -0.840. The average molecular weight is 431 g/mol. The molecule has 0 radical (unpaired) electrons. The molecule has 4 rings (SSSR count). The Kier molecular flexibility index (Phi) is 6.81. The van der Waals surface area contributed by atoms with Gasteiger partial charge in [0, 0.05) is 36.1 Å². The van der Waals surface area contributed by atoms with Crippen LogP contribution in [-0.2, 0) is 24.1 Å². The summed E-state index contributed by atoms with van der Waals surface area (Å²) >= 11 is 0. The van der Waals surface area contributed by atoms with Crippen LogP contribution < -0.4 is 10.6 Å². The van der Waals surface area contributed by atoms with Crippen LogP contribution in [-0.4, -0.2) is 34.1 Å². The molecule has 0 spiro atoms. The van der Waals surface area contributed by atoms with E-state index in [1.165, 1.54) is 11.1 Å². The van der Waals surface area contributed by atoms with E-state index in [9.17, 15) is 4.79 Å². The SMILES string of the molecule is Cc1ccc(CCN[C@H](c2ccccc2)[C@H]2CNc3cc(CC(=O)O)cnc3C2)c(C)n1. The van der Waals surface area contributed by atoms with Gasteiger partial charge in [0.25, 0.3) is 0 Å². The van der Waals surface area contributed by atoms with Crippen LogP contribution in [0.3, 0.4) is 0 Å². The van der Waals surface area contributed by atoms with Crippen LogP contribution in [0, 0.1) is 19.8 Å². The second-order valence-corrected chi connectivity index (χ2v) is 8.54. The van der Waals surface area contributed by atoms with E-state index in [4.69, 9.17) is 5.11 Å². The summed E-state index contributed by atoms with van der Waals surface area (Å²) in [4.78, 5) is 20.2. The summed E-state index contributed by atoms with van der Waals surface area (Å²) < 4.78 is 0. The molecule has 1 aliphatic rings. The third-order valence-electron chi connectivity index (χ3n) is 6.12. The summed E-state index contributed by atoms with van der Waals surface area (Å²) in [6, 6.07) is 16.9. The highest BCUT2D eigenvalue weighted by atomic mass is 16.4. The molecule has 0 saturated heterocycles.